The van der Waals surface area contributed by atoms with Crippen LogP contribution in [-0.4, -0.2) is 4.98 Å². The van der Waals surface area contributed by atoms with Crippen LogP contribution in [0.1, 0.15) is 108 Å². The van der Waals surface area contributed by atoms with E-state index in [1.165, 1.54) is 94.0 Å². The molecule has 1 aromatic rings. The Morgan fingerprint density at radius 2 is 1.08 bits per heavy atom. The standard InChI is InChI=1S/C23H40N/c1-4-7-9-11-13-15-17-22-19-21(6-3)20-23(24-22)18-16-14-12-10-8-5-2/h19-20H,3-18H2,1-2H3. The lowest BCUT2D eigenvalue weighted by molar-refractivity contribution is 0.598. The molecule has 0 spiro atoms. The highest BCUT2D eigenvalue weighted by molar-refractivity contribution is 5.22. The van der Waals surface area contributed by atoms with Gasteiger partial charge in [-0.2, -0.15) is 0 Å². The third kappa shape index (κ3) is 10.1. The van der Waals surface area contributed by atoms with Crippen LogP contribution in [0.25, 0.3) is 0 Å². The number of unbranched alkanes of at least 4 members (excludes halogenated alkanes) is 10. The van der Waals surface area contributed by atoms with Gasteiger partial charge in [0, 0.05) is 11.4 Å². The monoisotopic (exact) mass is 330 g/mol. The summed E-state index contributed by atoms with van der Waals surface area (Å²) in [7, 11) is 0. The van der Waals surface area contributed by atoms with Crippen LogP contribution in [0.3, 0.4) is 0 Å². The van der Waals surface area contributed by atoms with Crippen LogP contribution in [0.15, 0.2) is 12.1 Å². The second-order valence-electron chi connectivity index (χ2n) is 7.24. The molecule has 0 saturated carbocycles. The van der Waals surface area contributed by atoms with Gasteiger partial charge in [-0.3, -0.25) is 4.98 Å². The Morgan fingerprint density at radius 1 is 0.667 bits per heavy atom. The minimum Gasteiger partial charge on any atom is -0.258 e. The van der Waals surface area contributed by atoms with Crippen LogP contribution in [0.5, 0.6) is 0 Å². The van der Waals surface area contributed by atoms with Crippen molar-refractivity contribution in [2.24, 2.45) is 0 Å². The summed E-state index contributed by atoms with van der Waals surface area (Å²) in [4.78, 5) is 4.92. The number of nitrogens with zero attached hydrogens (tertiary/aromatic N) is 1. The van der Waals surface area contributed by atoms with Crippen LogP contribution >= 0.6 is 0 Å². The van der Waals surface area contributed by atoms with E-state index in [1.807, 2.05) is 0 Å². The molecule has 1 rings (SSSR count). The first kappa shape index (κ1) is 21.2. The van der Waals surface area contributed by atoms with Gasteiger partial charge >= 0.3 is 0 Å². The molecular formula is C23H40N. The summed E-state index contributed by atoms with van der Waals surface area (Å²) in [6.45, 7) is 8.63. The van der Waals surface area contributed by atoms with Crippen LogP contribution in [-0.2, 0) is 19.3 Å². The molecule has 1 radical (unpaired) electrons. The van der Waals surface area contributed by atoms with Crippen molar-refractivity contribution >= 4 is 0 Å². The summed E-state index contributed by atoms with van der Waals surface area (Å²) < 4.78 is 0. The van der Waals surface area contributed by atoms with Gasteiger partial charge < -0.3 is 0 Å². The van der Waals surface area contributed by atoms with E-state index < -0.39 is 0 Å². The largest absolute Gasteiger partial charge is 0.258 e. The predicted molar refractivity (Wildman–Crippen MR) is 107 cm³/mol. The van der Waals surface area contributed by atoms with E-state index in [1.54, 1.807) is 0 Å². The average molecular weight is 331 g/mol. The summed E-state index contributed by atoms with van der Waals surface area (Å²) in [5, 5.41) is 0. The molecule has 1 heterocycles. The van der Waals surface area contributed by atoms with Crippen LogP contribution in [0, 0.1) is 6.92 Å². The molecule has 0 amide bonds. The Labute approximate surface area is 151 Å². The molecule has 0 aromatic carbocycles. The van der Waals surface area contributed by atoms with Gasteiger partial charge in [-0.05, 0) is 56.7 Å². The van der Waals surface area contributed by atoms with Crippen molar-refractivity contribution in [3.05, 3.63) is 36.0 Å². The number of aryl methyl sites for hydroxylation is 2. The van der Waals surface area contributed by atoms with Crippen molar-refractivity contribution < 1.29 is 0 Å². The molecule has 0 unspecified atom stereocenters. The van der Waals surface area contributed by atoms with Gasteiger partial charge in [-0.25, -0.2) is 0 Å². The molecule has 1 heteroatoms. The molecule has 24 heavy (non-hydrogen) atoms. The molecule has 0 N–H and O–H groups in total. The maximum absolute atomic E-state index is 4.92. The second kappa shape index (κ2) is 14.5. The lowest BCUT2D eigenvalue weighted by Gasteiger charge is -2.08. The molecule has 0 aliphatic heterocycles. The zero-order valence-electron chi connectivity index (χ0n) is 16.4. The fraction of sp³-hybridized carbons (Fsp3) is 0.739. The molecule has 0 bridgehead atoms. The summed E-state index contributed by atoms with van der Waals surface area (Å²) >= 11 is 0. The summed E-state index contributed by atoms with van der Waals surface area (Å²) in [5.74, 6) is 0. The van der Waals surface area contributed by atoms with Gasteiger partial charge in [0.25, 0.3) is 0 Å². The van der Waals surface area contributed by atoms with E-state index in [0.717, 1.165) is 19.3 Å². The van der Waals surface area contributed by atoms with Gasteiger partial charge in [0.15, 0.2) is 0 Å². The summed E-state index contributed by atoms with van der Waals surface area (Å²) in [6, 6.07) is 4.56. The number of pyridine rings is 1. The zero-order chi connectivity index (χ0) is 17.5. The first-order chi connectivity index (χ1) is 11.8. The smallest absolute Gasteiger partial charge is 0.0409 e. The SMILES string of the molecule is [CH2]Cc1cc(CCCCCCCC)nc(CCCCCCCC)c1. The van der Waals surface area contributed by atoms with Crippen molar-refractivity contribution in [1.29, 1.82) is 0 Å². The minimum atomic E-state index is 0.884. The molecular weight excluding hydrogens is 290 g/mol. The van der Waals surface area contributed by atoms with Crippen LogP contribution in [0.2, 0.25) is 0 Å². The van der Waals surface area contributed by atoms with Crippen molar-refractivity contribution in [3.63, 3.8) is 0 Å². The van der Waals surface area contributed by atoms with E-state index in [2.05, 4.69) is 32.9 Å². The van der Waals surface area contributed by atoms with E-state index in [-0.39, 0.29) is 0 Å². The van der Waals surface area contributed by atoms with Gasteiger partial charge in [-0.1, -0.05) is 78.1 Å². The zero-order valence-corrected chi connectivity index (χ0v) is 16.4. The highest BCUT2D eigenvalue weighted by atomic mass is 14.7. The molecule has 137 valence electrons. The van der Waals surface area contributed by atoms with E-state index in [4.69, 9.17) is 4.98 Å². The fourth-order valence-electron chi connectivity index (χ4n) is 3.29. The van der Waals surface area contributed by atoms with Crippen molar-refractivity contribution in [3.8, 4) is 0 Å². The number of hydrogen-bond acceptors (Lipinski definition) is 1. The molecule has 0 saturated heterocycles. The van der Waals surface area contributed by atoms with Crippen LogP contribution < -0.4 is 0 Å². The van der Waals surface area contributed by atoms with E-state index >= 15 is 0 Å². The number of rotatable bonds is 15. The van der Waals surface area contributed by atoms with Crippen molar-refractivity contribution in [1.82, 2.24) is 4.98 Å². The maximum Gasteiger partial charge on any atom is 0.0409 e. The quantitative estimate of drug-likeness (QED) is 0.308. The Hall–Kier alpha value is -0.850. The topological polar surface area (TPSA) is 12.9 Å². The fourth-order valence-corrected chi connectivity index (χ4v) is 3.29. The second-order valence-corrected chi connectivity index (χ2v) is 7.24. The Kier molecular flexibility index (Phi) is 12.8. The third-order valence-electron chi connectivity index (χ3n) is 4.85. The lowest BCUT2D eigenvalue weighted by atomic mass is 10.0. The lowest BCUT2D eigenvalue weighted by Crippen LogP contribution is -2.00. The highest BCUT2D eigenvalue weighted by Gasteiger charge is 2.03. The van der Waals surface area contributed by atoms with E-state index in [9.17, 15) is 0 Å². The van der Waals surface area contributed by atoms with Gasteiger partial charge in [0.05, 0.1) is 0 Å². The number of aromatic nitrogens is 1. The molecule has 0 fully saturated rings. The Balaban J connectivity index is 2.34. The van der Waals surface area contributed by atoms with Crippen LogP contribution in [0.4, 0.5) is 0 Å². The van der Waals surface area contributed by atoms with E-state index in [0.29, 0.717) is 0 Å². The summed E-state index contributed by atoms with van der Waals surface area (Å²) in [5.41, 5.74) is 3.97. The highest BCUT2D eigenvalue weighted by Crippen LogP contribution is 2.14. The third-order valence-corrected chi connectivity index (χ3v) is 4.85. The first-order valence-corrected chi connectivity index (χ1v) is 10.6. The van der Waals surface area contributed by atoms with Gasteiger partial charge in [0.2, 0.25) is 0 Å². The number of hydrogen-bond donors (Lipinski definition) is 0. The molecule has 1 nitrogen and oxygen atoms in total. The minimum absolute atomic E-state index is 0.884. The van der Waals surface area contributed by atoms with Gasteiger partial charge in [-0.15, -0.1) is 0 Å². The predicted octanol–water partition coefficient (Wildman–Crippen LogP) is 7.26. The van der Waals surface area contributed by atoms with Crippen molar-refractivity contribution in [2.75, 3.05) is 0 Å². The molecule has 0 aliphatic carbocycles. The average Bonchev–Trinajstić information content (AvgIpc) is 2.61. The normalized spacial score (nSPS) is 11.1. The molecule has 1 aromatic heterocycles. The Bertz CT molecular complexity index is 376. The van der Waals surface area contributed by atoms with Crippen molar-refractivity contribution in [2.45, 2.75) is 110 Å². The first-order valence-electron chi connectivity index (χ1n) is 10.6. The molecule has 0 aliphatic rings. The van der Waals surface area contributed by atoms with Gasteiger partial charge in [0.1, 0.15) is 0 Å². The Morgan fingerprint density at radius 3 is 1.50 bits per heavy atom. The summed E-state index contributed by atoms with van der Waals surface area (Å²) in [6.07, 6.45) is 19.4. The molecule has 0 atom stereocenters. The maximum atomic E-state index is 4.92.